The van der Waals surface area contributed by atoms with E-state index in [-0.39, 0.29) is 12.0 Å². The van der Waals surface area contributed by atoms with Crippen molar-refractivity contribution >= 4 is 5.91 Å². The Balaban J connectivity index is 2.23. The molecule has 2 N–H and O–H groups in total. The minimum atomic E-state index is -1.17. The Morgan fingerprint density at radius 3 is 2.50 bits per heavy atom. The molecular weight excluding hydrogens is 269 g/mol. The molecule has 1 aliphatic rings. The van der Waals surface area contributed by atoms with E-state index >= 15 is 0 Å². The molecule has 2 unspecified atom stereocenters. The lowest BCUT2D eigenvalue weighted by Crippen LogP contribution is -2.45. The van der Waals surface area contributed by atoms with Crippen LogP contribution in [-0.2, 0) is 0 Å². The molecule has 1 heterocycles. The molecule has 0 saturated carbocycles. The topological polar surface area (TPSA) is 46.3 Å². The van der Waals surface area contributed by atoms with Gasteiger partial charge in [-0.25, -0.2) is 13.2 Å². The number of hydrogen-bond donors (Lipinski definition) is 1. The van der Waals surface area contributed by atoms with E-state index in [9.17, 15) is 18.0 Å². The van der Waals surface area contributed by atoms with Crippen LogP contribution in [0.2, 0.25) is 0 Å². The van der Waals surface area contributed by atoms with Gasteiger partial charge in [-0.3, -0.25) is 4.79 Å². The Bertz CT molecular complexity index is 496. The largest absolute Gasteiger partial charge is 0.338 e. The van der Waals surface area contributed by atoms with Crippen LogP contribution in [0, 0.1) is 23.4 Å². The van der Waals surface area contributed by atoms with Crippen molar-refractivity contribution in [1.29, 1.82) is 0 Å². The highest BCUT2D eigenvalue weighted by atomic mass is 19.1. The lowest BCUT2D eigenvalue weighted by atomic mass is 9.92. The standard InChI is InChI=1S/C14H17F3N2O/c1-8(18)9-3-2-4-19(7-9)14(20)13-11(16)5-10(15)6-12(13)17/h5-6,8-9H,2-4,7,18H2,1H3. The molecule has 1 amide bonds. The number of piperidine rings is 1. The second-order valence-electron chi connectivity index (χ2n) is 5.26. The summed E-state index contributed by atoms with van der Waals surface area (Å²) in [6.07, 6.45) is 1.62. The van der Waals surface area contributed by atoms with Gasteiger partial charge in [-0.15, -0.1) is 0 Å². The van der Waals surface area contributed by atoms with Crippen LogP contribution in [0.5, 0.6) is 0 Å². The number of rotatable bonds is 2. The van der Waals surface area contributed by atoms with Gasteiger partial charge >= 0.3 is 0 Å². The summed E-state index contributed by atoms with van der Waals surface area (Å²) in [5.41, 5.74) is 5.11. The fourth-order valence-electron chi connectivity index (χ4n) is 2.53. The third-order valence-electron chi connectivity index (χ3n) is 3.71. The summed E-state index contributed by atoms with van der Waals surface area (Å²) in [6, 6.07) is 0.945. The normalized spacial score (nSPS) is 20.9. The van der Waals surface area contributed by atoms with E-state index in [0.717, 1.165) is 12.8 Å². The maximum Gasteiger partial charge on any atom is 0.259 e. The van der Waals surface area contributed by atoms with Gasteiger partial charge in [0.05, 0.1) is 0 Å². The second-order valence-corrected chi connectivity index (χ2v) is 5.26. The number of carbonyl (C=O) groups excluding carboxylic acids is 1. The van der Waals surface area contributed by atoms with Crippen LogP contribution in [0.1, 0.15) is 30.1 Å². The van der Waals surface area contributed by atoms with Gasteiger partial charge < -0.3 is 10.6 Å². The number of hydrogen-bond acceptors (Lipinski definition) is 2. The molecule has 3 nitrogen and oxygen atoms in total. The first-order valence-corrected chi connectivity index (χ1v) is 6.59. The first kappa shape index (κ1) is 14.8. The van der Waals surface area contributed by atoms with Crippen LogP contribution in [0.4, 0.5) is 13.2 Å². The molecule has 20 heavy (non-hydrogen) atoms. The molecule has 1 aromatic carbocycles. The zero-order valence-corrected chi connectivity index (χ0v) is 11.2. The zero-order valence-electron chi connectivity index (χ0n) is 11.2. The number of benzene rings is 1. The summed E-state index contributed by atoms with van der Waals surface area (Å²) < 4.78 is 40.1. The zero-order chi connectivity index (χ0) is 14.9. The number of likely N-dealkylation sites (tertiary alicyclic amines) is 1. The van der Waals surface area contributed by atoms with Gasteiger partial charge in [0.1, 0.15) is 23.0 Å². The highest BCUT2D eigenvalue weighted by Gasteiger charge is 2.29. The van der Waals surface area contributed by atoms with Crippen LogP contribution in [0.15, 0.2) is 12.1 Å². The fraction of sp³-hybridized carbons (Fsp3) is 0.500. The van der Waals surface area contributed by atoms with E-state index in [0.29, 0.717) is 25.2 Å². The van der Waals surface area contributed by atoms with Crippen molar-refractivity contribution in [3.05, 3.63) is 35.1 Å². The van der Waals surface area contributed by atoms with Crippen molar-refractivity contribution < 1.29 is 18.0 Å². The van der Waals surface area contributed by atoms with Gasteiger partial charge in [-0.2, -0.15) is 0 Å². The number of amides is 1. The first-order chi connectivity index (χ1) is 9.40. The average Bonchev–Trinajstić information content (AvgIpc) is 2.37. The molecule has 0 spiro atoms. The van der Waals surface area contributed by atoms with E-state index < -0.39 is 28.9 Å². The van der Waals surface area contributed by atoms with Crippen LogP contribution in [0.3, 0.4) is 0 Å². The van der Waals surface area contributed by atoms with Gasteiger partial charge in [-0.05, 0) is 25.7 Å². The van der Waals surface area contributed by atoms with Gasteiger partial charge in [0.25, 0.3) is 5.91 Å². The van der Waals surface area contributed by atoms with Crippen LogP contribution in [-0.4, -0.2) is 29.9 Å². The number of nitrogens with zero attached hydrogens (tertiary/aromatic N) is 1. The smallest absolute Gasteiger partial charge is 0.259 e. The lowest BCUT2D eigenvalue weighted by molar-refractivity contribution is 0.0651. The molecule has 110 valence electrons. The SMILES string of the molecule is CC(N)C1CCCN(C(=O)c2c(F)cc(F)cc2F)C1. The van der Waals surface area contributed by atoms with Crippen LogP contribution in [0.25, 0.3) is 0 Å². The third-order valence-corrected chi connectivity index (χ3v) is 3.71. The van der Waals surface area contributed by atoms with Gasteiger partial charge in [0.2, 0.25) is 0 Å². The van der Waals surface area contributed by atoms with Gasteiger partial charge in [0.15, 0.2) is 0 Å². The molecule has 0 aliphatic carbocycles. The highest BCUT2D eigenvalue weighted by Crippen LogP contribution is 2.23. The van der Waals surface area contributed by atoms with Crippen LogP contribution >= 0.6 is 0 Å². The number of halogens is 3. The molecule has 2 atom stereocenters. The lowest BCUT2D eigenvalue weighted by Gasteiger charge is -2.34. The van der Waals surface area contributed by atoms with E-state index in [2.05, 4.69) is 0 Å². The molecule has 0 bridgehead atoms. The van der Waals surface area contributed by atoms with E-state index in [4.69, 9.17) is 5.73 Å². The van der Waals surface area contributed by atoms with E-state index in [1.165, 1.54) is 4.90 Å². The van der Waals surface area contributed by atoms with Crippen LogP contribution < -0.4 is 5.73 Å². The third kappa shape index (κ3) is 2.95. The average molecular weight is 286 g/mol. The van der Waals surface area contributed by atoms with E-state index in [1.54, 1.807) is 0 Å². The maximum atomic E-state index is 13.6. The van der Waals surface area contributed by atoms with Crippen molar-refractivity contribution in [1.82, 2.24) is 4.90 Å². The summed E-state index contributed by atoms with van der Waals surface area (Å²) >= 11 is 0. The first-order valence-electron chi connectivity index (χ1n) is 6.59. The summed E-state index contributed by atoms with van der Waals surface area (Å²) in [5.74, 6) is -4.01. The molecule has 1 aromatic rings. The quantitative estimate of drug-likeness (QED) is 0.906. The molecule has 0 radical (unpaired) electrons. The molecular formula is C14H17F3N2O. The van der Waals surface area contributed by atoms with Gasteiger partial charge in [0, 0.05) is 31.3 Å². The number of nitrogens with two attached hydrogens (primary N) is 1. The predicted molar refractivity (Wildman–Crippen MR) is 68.6 cm³/mol. The second kappa shape index (κ2) is 5.83. The highest BCUT2D eigenvalue weighted by molar-refractivity contribution is 5.94. The van der Waals surface area contributed by atoms with Crippen molar-refractivity contribution in [2.45, 2.75) is 25.8 Å². The molecule has 6 heteroatoms. The minimum absolute atomic E-state index is 0.0893. The Kier molecular flexibility index (Phi) is 4.32. The Morgan fingerprint density at radius 2 is 1.95 bits per heavy atom. The molecule has 2 rings (SSSR count). The van der Waals surface area contributed by atoms with Crippen molar-refractivity contribution in [2.24, 2.45) is 11.7 Å². The van der Waals surface area contributed by atoms with E-state index in [1.807, 2.05) is 6.92 Å². The molecule has 1 aliphatic heterocycles. The van der Waals surface area contributed by atoms with Crippen molar-refractivity contribution in [3.8, 4) is 0 Å². The summed E-state index contributed by atoms with van der Waals surface area (Å²) in [7, 11) is 0. The Hall–Kier alpha value is -1.56. The Morgan fingerprint density at radius 1 is 1.35 bits per heavy atom. The number of carbonyl (C=O) groups is 1. The fourth-order valence-corrected chi connectivity index (χ4v) is 2.53. The minimum Gasteiger partial charge on any atom is -0.338 e. The molecule has 1 saturated heterocycles. The van der Waals surface area contributed by atoms with Crippen molar-refractivity contribution in [2.75, 3.05) is 13.1 Å². The molecule has 1 fully saturated rings. The predicted octanol–water partition coefficient (Wildman–Crippen LogP) is 2.30. The summed E-state index contributed by atoms with van der Waals surface area (Å²) in [6.45, 7) is 2.64. The van der Waals surface area contributed by atoms with Gasteiger partial charge in [-0.1, -0.05) is 0 Å². The molecule has 0 aromatic heterocycles. The van der Waals surface area contributed by atoms with Crippen molar-refractivity contribution in [3.63, 3.8) is 0 Å². The Labute approximate surface area is 115 Å². The summed E-state index contributed by atoms with van der Waals surface area (Å²) in [4.78, 5) is 13.6. The maximum absolute atomic E-state index is 13.6. The summed E-state index contributed by atoms with van der Waals surface area (Å²) in [5, 5.41) is 0. The monoisotopic (exact) mass is 286 g/mol.